The quantitative estimate of drug-likeness (QED) is 0.833. The van der Waals surface area contributed by atoms with Gasteiger partial charge in [0, 0.05) is 12.3 Å². The molecule has 1 aliphatic heterocycles. The Morgan fingerprint density at radius 2 is 1.76 bits per heavy atom. The number of carbonyl (C=O) groups excluding carboxylic acids is 2. The van der Waals surface area contributed by atoms with Crippen molar-refractivity contribution in [1.29, 1.82) is 0 Å². The Morgan fingerprint density at radius 3 is 2.40 bits per heavy atom. The van der Waals surface area contributed by atoms with Crippen molar-refractivity contribution in [2.45, 2.75) is 24.8 Å². The zero-order valence-electron chi connectivity index (χ0n) is 14.1. The number of methoxy groups -OCH3 is 1. The smallest absolute Gasteiger partial charge is 0.337 e. The number of hydrogen-bond donors (Lipinski definition) is 1. The Bertz CT molecular complexity index is 715. The highest BCUT2D eigenvalue weighted by molar-refractivity contribution is 5.90. The molecule has 0 amide bonds. The Kier molecular flexibility index (Phi) is 6.73. The summed E-state index contributed by atoms with van der Waals surface area (Å²) in [6.07, 6.45) is 1.34. The summed E-state index contributed by atoms with van der Waals surface area (Å²) in [5, 5.41) is 3.34. The largest absolute Gasteiger partial charge is 0.465 e. The summed E-state index contributed by atoms with van der Waals surface area (Å²) in [6, 6.07) is 17.1. The Hall–Kier alpha value is -2.17. The fraction of sp³-hybridized carbons (Fsp3) is 0.300. The molecule has 1 heterocycles. The summed E-state index contributed by atoms with van der Waals surface area (Å²) in [6.45, 7) is 0.858. The molecule has 2 atom stereocenters. The van der Waals surface area contributed by atoms with Crippen LogP contribution in [-0.4, -0.2) is 31.4 Å². The van der Waals surface area contributed by atoms with Gasteiger partial charge in [-0.25, -0.2) is 4.79 Å². The second-order valence-electron chi connectivity index (χ2n) is 6.07. The van der Waals surface area contributed by atoms with Gasteiger partial charge in [0.1, 0.15) is 0 Å². The van der Waals surface area contributed by atoms with Crippen molar-refractivity contribution in [1.82, 2.24) is 5.32 Å². The molecule has 0 radical (unpaired) electrons. The van der Waals surface area contributed by atoms with Gasteiger partial charge in [-0.15, -0.1) is 12.4 Å². The van der Waals surface area contributed by atoms with Crippen LogP contribution in [0.1, 0.15) is 33.8 Å². The number of benzene rings is 2. The number of Topliss-reactive ketones (excluding diaryl/α,β-unsaturated/α-hetero) is 1. The van der Waals surface area contributed by atoms with Gasteiger partial charge in [0.15, 0.2) is 5.78 Å². The van der Waals surface area contributed by atoms with Crippen molar-refractivity contribution >= 4 is 24.2 Å². The van der Waals surface area contributed by atoms with E-state index in [9.17, 15) is 9.59 Å². The first-order valence-corrected chi connectivity index (χ1v) is 8.17. The molecular formula is C20H22ClNO3. The zero-order chi connectivity index (χ0) is 16.9. The second-order valence-corrected chi connectivity index (χ2v) is 6.07. The summed E-state index contributed by atoms with van der Waals surface area (Å²) >= 11 is 0. The molecule has 25 heavy (non-hydrogen) atoms. The fourth-order valence-electron chi connectivity index (χ4n) is 3.29. The van der Waals surface area contributed by atoms with Crippen molar-refractivity contribution in [3.8, 4) is 0 Å². The van der Waals surface area contributed by atoms with Crippen LogP contribution >= 0.6 is 12.4 Å². The van der Waals surface area contributed by atoms with Gasteiger partial charge in [0.25, 0.3) is 0 Å². The highest BCUT2D eigenvalue weighted by atomic mass is 35.5. The molecule has 2 aromatic rings. The van der Waals surface area contributed by atoms with Gasteiger partial charge in [-0.2, -0.15) is 0 Å². The van der Waals surface area contributed by atoms with E-state index in [0.717, 1.165) is 18.5 Å². The minimum absolute atomic E-state index is 0. The number of ether oxygens (including phenoxy) is 1. The number of hydrogen-bond acceptors (Lipinski definition) is 4. The summed E-state index contributed by atoms with van der Waals surface area (Å²) in [5.74, 6) is 0.0506. The molecule has 132 valence electrons. The molecule has 1 aliphatic rings. The van der Waals surface area contributed by atoms with Crippen LogP contribution in [-0.2, 0) is 16.0 Å². The van der Waals surface area contributed by atoms with Gasteiger partial charge in [-0.05, 0) is 36.2 Å². The molecule has 4 nitrogen and oxygen atoms in total. The molecule has 0 aromatic heterocycles. The maximum Gasteiger partial charge on any atom is 0.337 e. The summed E-state index contributed by atoms with van der Waals surface area (Å²) in [4.78, 5) is 24.2. The van der Waals surface area contributed by atoms with E-state index in [4.69, 9.17) is 0 Å². The molecule has 5 heteroatoms. The van der Waals surface area contributed by atoms with Crippen LogP contribution in [0.15, 0.2) is 54.6 Å². The SMILES string of the molecule is COC(=O)c1ccc(CC(=O)[C@H]2NCC[C@H]2c2ccccc2)cc1.Cl. The minimum Gasteiger partial charge on any atom is -0.465 e. The van der Waals surface area contributed by atoms with E-state index in [0.29, 0.717) is 12.0 Å². The minimum atomic E-state index is -0.366. The summed E-state index contributed by atoms with van der Waals surface area (Å²) < 4.78 is 4.69. The van der Waals surface area contributed by atoms with Gasteiger partial charge >= 0.3 is 5.97 Å². The van der Waals surface area contributed by atoms with Crippen LogP contribution in [0.5, 0.6) is 0 Å². The predicted molar refractivity (Wildman–Crippen MR) is 99.3 cm³/mol. The van der Waals surface area contributed by atoms with Gasteiger partial charge in [0.2, 0.25) is 0 Å². The molecule has 0 unspecified atom stereocenters. The van der Waals surface area contributed by atoms with E-state index in [1.807, 2.05) is 30.3 Å². The number of nitrogens with one attached hydrogen (secondary N) is 1. The third-order valence-corrected chi connectivity index (χ3v) is 4.55. The standard InChI is InChI=1S/C20H21NO3.ClH/c1-24-20(23)16-9-7-14(8-10-16)13-18(22)19-17(11-12-21-19)15-5-3-2-4-6-15;/h2-10,17,19,21H,11-13H2,1H3;1H/t17-,19-;/m0./s1. The zero-order valence-corrected chi connectivity index (χ0v) is 14.9. The molecule has 1 saturated heterocycles. The van der Waals surface area contributed by atoms with E-state index in [-0.39, 0.29) is 36.1 Å². The van der Waals surface area contributed by atoms with Crippen LogP contribution in [0.25, 0.3) is 0 Å². The van der Waals surface area contributed by atoms with Gasteiger partial charge in [0.05, 0.1) is 18.7 Å². The van der Waals surface area contributed by atoms with Crippen LogP contribution in [0, 0.1) is 0 Å². The summed E-state index contributed by atoms with van der Waals surface area (Å²) in [7, 11) is 1.36. The predicted octanol–water partition coefficient (Wildman–Crippen LogP) is 3.15. The maximum absolute atomic E-state index is 12.7. The normalized spacial score (nSPS) is 19.1. The van der Waals surface area contributed by atoms with Crippen LogP contribution in [0.4, 0.5) is 0 Å². The van der Waals surface area contributed by atoms with Crippen molar-refractivity contribution in [3.63, 3.8) is 0 Å². The molecule has 3 rings (SSSR count). The molecule has 1 fully saturated rings. The third kappa shape index (κ3) is 4.47. The van der Waals surface area contributed by atoms with Crippen LogP contribution in [0.3, 0.4) is 0 Å². The van der Waals surface area contributed by atoms with E-state index in [1.165, 1.54) is 12.7 Å². The average Bonchev–Trinajstić information content (AvgIpc) is 3.12. The first-order chi connectivity index (χ1) is 11.7. The van der Waals surface area contributed by atoms with Crippen molar-refractivity contribution in [3.05, 3.63) is 71.3 Å². The lowest BCUT2D eigenvalue weighted by Crippen LogP contribution is -2.35. The topological polar surface area (TPSA) is 55.4 Å². The molecule has 0 saturated carbocycles. The van der Waals surface area contributed by atoms with Gasteiger partial charge < -0.3 is 10.1 Å². The molecule has 0 bridgehead atoms. The Labute approximate surface area is 154 Å². The molecular weight excluding hydrogens is 338 g/mol. The van der Waals surface area contributed by atoms with Crippen molar-refractivity contribution in [2.24, 2.45) is 0 Å². The second kappa shape index (κ2) is 8.79. The fourth-order valence-corrected chi connectivity index (χ4v) is 3.29. The number of ketones is 1. The lowest BCUT2D eigenvalue weighted by Gasteiger charge is -2.19. The van der Waals surface area contributed by atoms with Gasteiger partial charge in [-0.1, -0.05) is 42.5 Å². The highest BCUT2D eigenvalue weighted by Crippen LogP contribution is 2.28. The van der Waals surface area contributed by atoms with Gasteiger partial charge in [-0.3, -0.25) is 4.79 Å². The molecule has 0 spiro atoms. The lowest BCUT2D eigenvalue weighted by atomic mass is 9.88. The first-order valence-electron chi connectivity index (χ1n) is 8.17. The average molecular weight is 360 g/mol. The number of halogens is 1. The molecule has 2 aromatic carbocycles. The van der Waals surface area contributed by atoms with Crippen LogP contribution in [0.2, 0.25) is 0 Å². The monoisotopic (exact) mass is 359 g/mol. The number of esters is 1. The van der Waals surface area contributed by atoms with Crippen molar-refractivity contribution in [2.75, 3.05) is 13.7 Å². The number of carbonyl (C=O) groups is 2. The Morgan fingerprint density at radius 1 is 1.08 bits per heavy atom. The molecule has 1 N–H and O–H groups in total. The first kappa shape index (κ1) is 19.2. The maximum atomic E-state index is 12.7. The van der Waals surface area contributed by atoms with E-state index in [1.54, 1.807) is 12.1 Å². The summed E-state index contributed by atoms with van der Waals surface area (Å²) in [5.41, 5.74) is 2.62. The number of rotatable bonds is 5. The van der Waals surface area contributed by atoms with Crippen LogP contribution < -0.4 is 5.32 Å². The third-order valence-electron chi connectivity index (χ3n) is 4.55. The lowest BCUT2D eigenvalue weighted by molar-refractivity contribution is -0.120. The highest BCUT2D eigenvalue weighted by Gasteiger charge is 2.33. The molecule has 0 aliphatic carbocycles. The Balaban J connectivity index is 0.00000225. The van der Waals surface area contributed by atoms with Crippen molar-refractivity contribution < 1.29 is 14.3 Å². The van der Waals surface area contributed by atoms with E-state index >= 15 is 0 Å². The van der Waals surface area contributed by atoms with E-state index in [2.05, 4.69) is 22.2 Å². The van der Waals surface area contributed by atoms with E-state index < -0.39 is 0 Å².